The standard InChI is InChI=1S/C18H30N2O2/c1-14-5-6-17(11-15(14)2)18(21)13-19-7-8-20(9-10-22-4)16(3)12-19/h5-6,11,16,18,21H,7-10,12-13H2,1-4H3/t16-,18-/m0/s1. The maximum atomic E-state index is 10.5. The Labute approximate surface area is 134 Å². The van der Waals surface area contributed by atoms with Crippen molar-refractivity contribution in [2.24, 2.45) is 0 Å². The van der Waals surface area contributed by atoms with Gasteiger partial charge >= 0.3 is 0 Å². The molecule has 1 fully saturated rings. The summed E-state index contributed by atoms with van der Waals surface area (Å²) in [5.74, 6) is 0. The molecule has 4 nitrogen and oxygen atoms in total. The highest BCUT2D eigenvalue weighted by molar-refractivity contribution is 5.31. The van der Waals surface area contributed by atoms with E-state index in [2.05, 4.69) is 42.7 Å². The summed E-state index contributed by atoms with van der Waals surface area (Å²) in [4.78, 5) is 4.83. The van der Waals surface area contributed by atoms with Crippen LogP contribution in [0.3, 0.4) is 0 Å². The number of β-amino-alcohol motifs (C(OH)–C–C–N with tert-alkyl or cyclic N) is 1. The van der Waals surface area contributed by atoms with Gasteiger partial charge in [0.2, 0.25) is 0 Å². The van der Waals surface area contributed by atoms with E-state index in [1.807, 2.05) is 6.07 Å². The van der Waals surface area contributed by atoms with Crippen LogP contribution in [-0.2, 0) is 4.74 Å². The molecule has 1 aliphatic rings. The van der Waals surface area contributed by atoms with Crippen LogP contribution >= 0.6 is 0 Å². The van der Waals surface area contributed by atoms with Crippen LogP contribution in [0.1, 0.15) is 29.7 Å². The van der Waals surface area contributed by atoms with Crippen LogP contribution in [-0.4, -0.2) is 67.4 Å². The lowest BCUT2D eigenvalue weighted by molar-refractivity contribution is 0.0330. The lowest BCUT2D eigenvalue weighted by atomic mass is 10.0. The Morgan fingerprint density at radius 1 is 1.27 bits per heavy atom. The highest BCUT2D eigenvalue weighted by atomic mass is 16.5. The van der Waals surface area contributed by atoms with E-state index >= 15 is 0 Å². The van der Waals surface area contributed by atoms with Crippen molar-refractivity contribution in [1.82, 2.24) is 9.80 Å². The van der Waals surface area contributed by atoms with Gasteiger partial charge in [-0.1, -0.05) is 18.2 Å². The molecule has 0 unspecified atom stereocenters. The molecular formula is C18H30N2O2. The van der Waals surface area contributed by atoms with Gasteiger partial charge in [-0.15, -0.1) is 0 Å². The summed E-state index contributed by atoms with van der Waals surface area (Å²) in [5.41, 5.74) is 3.54. The third-order valence-corrected chi connectivity index (χ3v) is 4.78. The van der Waals surface area contributed by atoms with Crippen molar-refractivity contribution in [3.05, 3.63) is 34.9 Å². The first kappa shape index (κ1) is 17.4. The van der Waals surface area contributed by atoms with E-state index in [-0.39, 0.29) is 0 Å². The summed E-state index contributed by atoms with van der Waals surface area (Å²) >= 11 is 0. The molecule has 1 aliphatic heterocycles. The number of ether oxygens (including phenoxy) is 1. The summed E-state index contributed by atoms with van der Waals surface area (Å²) < 4.78 is 5.17. The van der Waals surface area contributed by atoms with E-state index in [4.69, 9.17) is 4.74 Å². The van der Waals surface area contributed by atoms with Gasteiger partial charge in [-0.25, -0.2) is 0 Å². The molecule has 2 rings (SSSR count). The maximum absolute atomic E-state index is 10.5. The number of aliphatic hydroxyl groups excluding tert-OH is 1. The molecule has 0 spiro atoms. The van der Waals surface area contributed by atoms with E-state index in [1.54, 1.807) is 7.11 Å². The molecule has 0 radical (unpaired) electrons. The third-order valence-electron chi connectivity index (χ3n) is 4.78. The van der Waals surface area contributed by atoms with E-state index in [0.29, 0.717) is 12.6 Å². The van der Waals surface area contributed by atoms with Crippen LogP contribution in [0.25, 0.3) is 0 Å². The fraction of sp³-hybridized carbons (Fsp3) is 0.667. The maximum Gasteiger partial charge on any atom is 0.0917 e. The van der Waals surface area contributed by atoms with Crippen LogP contribution < -0.4 is 0 Å². The number of aliphatic hydroxyl groups is 1. The summed E-state index contributed by atoms with van der Waals surface area (Å²) in [6.45, 7) is 12.0. The van der Waals surface area contributed by atoms with Gasteiger partial charge in [-0.3, -0.25) is 9.80 Å². The zero-order valence-electron chi connectivity index (χ0n) is 14.4. The van der Waals surface area contributed by atoms with Crippen LogP contribution in [0.4, 0.5) is 0 Å². The van der Waals surface area contributed by atoms with Gasteiger partial charge in [0.15, 0.2) is 0 Å². The van der Waals surface area contributed by atoms with Gasteiger partial charge < -0.3 is 9.84 Å². The molecule has 0 aliphatic carbocycles. The number of rotatable bonds is 6. The highest BCUT2D eigenvalue weighted by Crippen LogP contribution is 2.19. The highest BCUT2D eigenvalue weighted by Gasteiger charge is 2.25. The number of piperazine rings is 1. The second-order valence-corrected chi connectivity index (χ2v) is 6.50. The number of hydrogen-bond donors (Lipinski definition) is 1. The second kappa shape index (κ2) is 8.06. The summed E-state index contributed by atoms with van der Waals surface area (Å²) in [5, 5.41) is 10.5. The zero-order chi connectivity index (χ0) is 16.1. The average Bonchev–Trinajstić information content (AvgIpc) is 2.49. The van der Waals surface area contributed by atoms with E-state index < -0.39 is 6.10 Å². The Bertz CT molecular complexity index is 478. The van der Waals surface area contributed by atoms with Crippen molar-refractivity contribution in [1.29, 1.82) is 0 Å². The minimum Gasteiger partial charge on any atom is -0.387 e. The van der Waals surface area contributed by atoms with Crippen LogP contribution in [0.2, 0.25) is 0 Å². The lowest BCUT2D eigenvalue weighted by Crippen LogP contribution is -2.53. The van der Waals surface area contributed by atoms with Crippen molar-refractivity contribution in [3.63, 3.8) is 0 Å². The first-order valence-electron chi connectivity index (χ1n) is 8.22. The number of nitrogens with zero attached hydrogens (tertiary/aromatic N) is 2. The summed E-state index contributed by atoms with van der Waals surface area (Å²) in [6.07, 6.45) is -0.406. The summed E-state index contributed by atoms with van der Waals surface area (Å²) in [7, 11) is 1.75. The fourth-order valence-electron chi connectivity index (χ4n) is 3.10. The number of aryl methyl sites for hydroxylation is 2. The Kier molecular flexibility index (Phi) is 6.38. The van der Waals surface area contributed by atoms with Crippen molar-refractivity contribution in [2.45, 2.75) is 32.9 Å². The monoisotopic (exact) mass is 306 g/mol. The Morgan fingerprint density at radius 2 is 2.05 bits per heavy atom. The zero-order valence-corrected chi connectivity index (χ0v) is 14.4. The smallest absolute Gasteiger partial charge is 0.0917 e. The minimum absolute atomic E-state index is 0.406. The molecule has 1 heterocycles. The summed E-state index contributed by atoms with van der Waals surface area (Å²) in [6, 6.07) is 6.76. The normalized spacial score (nSPS) is 22.0. The lowest BCUT2D eigenvalue weighted by Gasteiger charge is -2.40. The van der Waals surface area contributed by atoms with Crippen molar-refractivity contribution >= 4 is 0 Å². The molecule has 0 bridgehead atoms. The Hall–Kier alpha value is -0.940. The molecule has 1 saturated heterocycles. The van der Waals surface area contributed by atoms with E-state index in [0.717, 1.165) is 38.3 Å². The van der Waals surface area contributed by atoms with Crippen molar-refractivity contribution in [3.8, 4) is 0 Å². The Morgan fingerprint density at radius 3 is 2.68 bits per heavy atom. The third kappa shape index (κ3) is 4.53. The van der Waals surface area contributed by atoms with Gasteiger partial charge in [0.25, 0.3) is 0 Å². The SMILES string of the molecule is COCCN1CCN(C[C@H](O)c2ccc(C)c(C)c2)C[C@@H]1C. The average molecular weight is 306 g/mol. The number of hydrogen-bond acceptors (Lipinski definition) is 4. The molecule has 22 heavy (non-hydrogen) atoms. The van der Waals surface area contributed by atoms with Gasteiger partial charge in [0.1, 0.15) is 0 Å². The topological polar surface area (TPSA) is 35.9 Å². The van der Waals surface area contributed by atoms with Gasteiger partial charge in [0, 0.05) is 45.9 Å². The van der Waals surface area contributed by atoms with Crippen molar-refractivity contribution in [2.75, 3.05) is 46.4 Å². The first-order chi connectivity index (χ1) is 10.5. The molecule has 2 atom stereocenters. The number of benzene rings is 1. The molecule has 0 amide bonds. The quantitative estimate of drug-likeness (QED) is 0.872. The van der Waals surface area contributed by atoms with E-state index in [1.165, 1.54) is 11.1 Å². The minimum atomic E-state index is -0.406. The second-order valence-electron chi connectivity index (χ2n) is 6.50. The first-order valence-corrected chi connectivity index (χ1v) is 8.22. The molecular weight excluding hydrogens is 276 g/mol. The van der Waals surface area contributed by atoms with Crippen LogP contribution in [0.5, 0.6) is 0 Å². The van der Waals surface area contributed by atoms with E-state index in [9.17, 15) is 5.11 Å². The van der Waals surface area contributed by atoms with Crippen molar-refractivity contribution < 1.29 is 9.84 Å². The molecule has 1 aromatic rings. The largest absolute Gasteiger partial charge is 0.387 e. The van der Waals surface area contributed by atoms with Crippen LogP contribution in [0.15, 0.2) is 18.2 Å². The van der Waals surface area contributed by atoms with Gasteiger partial charge in [0.05, 0.1) is 12.7 Å². The predicted octanol–water partition coefficient (Wildman–Crippen LogP) is 1.99. The molecule has 1 N–H and O–H groups in total. The molecule has 0 saturated carbocycles. The molecule has 4 heteroatoms. The molecule has 1 aromatic carbocycles. The molecule has 0 aromatic heterocycles. The van der Waals surface area contributed by atoms with Crippen LogP contribution in [0, 0.1) is 13.8 Å². The van der Waals surface area contributed by atoms with Gasteiger partial charge in [-0.2, -0.15) is 0 Å². The predicted molar refractivity (Wildman–Crippen MR) is 90.2 cm³/mol. The number of methoxy groups -OCH3 is 1. The fourth-order valence-corrected chi connectivity index (χ4v) is 3.10. The Balaban J connectivity index is 1.87. The molecule has 124 valence electrons. The van der Waals surface area contributed by atoms with Gasteiger partial charge in [-0.05, 0) is 37.5 Å².